The zero-order chi connectivity index (χ0) is 63.2. The maximum absolute atomic E-state index is 14.0. The Morgan fingerprint density at radius 3 is 0.713 bits per heavy atom. The number of benzene rings is 1. The molecule has 22 rings (SSSR count). The van der Waals surface area contributed by atoms with E-state index in [1.165, 1.54) is 12.1 Å². The second-order valence-electron chi connectivity index (χ2n) is 22.0. The van der Waals surface area contributed by atoms with Crippen LogP contribution >= 0.6 is 0 Å². The Labute approximate surface area is 492 Å². The van der Waals surface area contributed by atoms with Crippen LogP contribution in [0, 0.1) is 6.92 Å². The van der Waals surface area contributed by atoms with Gasteiger partial charge in [0.2, 0.25) is 0 Å². The van der Waals surface area contributed by atoms with Gasteiger partial charge in [0, 0.05) is 0 Å². The van der Waals surface area contributed by atoms with E-state index in [2.05, 4.69) is 0 Å². The third-order valence-electron chi connectivity index (χ3n) is 16.3. The van der Waals surface area contributed by atoms with Gasteiger partial charge in [0.1, 0.15) is 165 Å². The molecule has 21 fully saturated rings. The van der Waals surface area contributed by atoms with Crippen LogP contribution in [0.15, 0.2) is 29.2 Å². The van der Waals surface area contributed by atoms with Crippen LogP contribution in [0.5, 0.6) is 0 Å². The summed E-state index contributed by atoms with van der Waals surface area (Å²) >= 11 is 0. The first-order chi connectivity index (χ1) is 41.3. The summed E-state index contributed by atoms with van der Waals surface area (Å²) in [6, 6.07) is 5.02. The predicted octanol–water partition coefficient (Wildman–Crippen LogP) is -13.5. The van der Waals surface area contributed by atoms with Crippen LogP contribution in [0.4, 0.5) is 0 Å². The van der Waals surface area contributed by atoms with Crippen molar-refractivity contribution in [2.45, 2.75) is 227 Å². The molecule has 87 heavy (non-hydrogen) atoms. The summed E-state index contributed by atoms with van der Waals surface area (Å²) in [5, 5.41) is 223. The van der Waals surface area contributed by atoms with E-state index < -0.39 is 276 Å². The third kappa shape index (κ3) is 13.9. The van der Waals surface area contributed by atoms with Crippen LogP contribution in [0.3, 0.4) is 0 Å². The molecule has 1 aromatic rings. The molecule has 0 aliphatic carbocycles. The van der Waals surface area contributed by atoms with E-state index in [9.17, 15) is 111 Å². The molecule has 14 bridgehead atoms. The van der Waals surface area contributed by atoms with Crippen LogP contribution in [0.25, 0.3) is 0 Å². The molecule has 0 amide bonds. The second-order valence-corrected chi connectivity index (χ2v) is 23.6. The molecule has 21 heterocycles. The number of hydrogen-bond donors (Lipinski definition) is 20. The normalized spacial score (nSPS) is 50.5. The first-order valence-corrected chi connectivity index (χ1v) is 29.0. The van der Waals surface area contributed by atoms with Crippen molar-refractivity contribution in [1.82, 2.24) is 0 Å². The number of rotatable bonds is 10. The molecule has 21 aliphatic rings. The Morgan fingerprint density at radius 2 is 0.494 bits per heavy atom. The summed E-state index contributed by atoms with van der Waals surface area (Å²) in [5.41, 5.74) is 0.600. The van der Waals surface area contributed by atoms with E-state index in [0.29, 0.717) is 5.56 Å². The Balaban J connectivity index is 1.04. The molecule has 21 aliphatic heterocycles. The van der Waals surface area contributed by atoms with Gasteiger partial charge in [-0.2, -0.15) is 8.42 Å². The van der Waals surface area contributed by atoms with E-state index in [-0.39, 0.29) is 0 Å². The molecule has 21 saturated heterocycles. The van der Waals surface area contributed by atoms with Crippen molar-refractivity contribution in [2.75, 3.05) is 46.2 Å². The molecule has 0 aromatic heterocycles. The van der Waals surface area contributed by atoms with Crippen LogP contribution < -0.4 is 0 Å². The minimum absolute atomic E-state index is 0.504. The lowest BCUT2D eigenvalue weighted by molar-refractivity contribution is -0.396. The molecule has 0 radical (unpaired) electrons. The van der Waals surface area contributed by atoms with Crippen molar-refractivity contribution < 1.29 is 181 Å². The van der Waals surface area contributed by atoms with E-state index >= 15 is 0 Å². The highest BCUT2D eigenvalue weighted by molar-refractivity contribution is 7.86. The fourth-order valence-electron chi connectivity index (χ4n) is 11.4. The summed E-state index contributed by atoms with van der Waals surface area (Å²) in [6.45, 7) is -6.12. The zero-order valence-electron chi connectivity index (χ0n) is 45.8. The first kappa shape index (κ1) is 69.1. The lowest BCUT2D eigenvalue weighted by atomic mass is 9.95. The van der Waals surface area contributed by atoms with Crippen LogP contribution in [0.1, 0.15) is 5.56 Å². The van der Waals surface area contributed by atoms with Gasteiger partial charge in [-0.25, -0.2) is 0 Å². The van der Waals surface area contributed by atoms with Gasteiger partial charge in [-0.05, 0) is 19.1 Å². The Hall–Kier alpha value is -2.23. The minimum atomic E-state index is -5.02. The maximum atomic E-state index is 14.0. The van der Waals surface area contributed by atoms with Crippen molar-refractivity contribution in [1.29, 1.82) is 0 Å². The van der Waals surface area contributed by atoms with Gasteiger partial charge >= 0.3 is 0 Å². The van der Waals surface area contributed by atoms with Crippen molar-refractivity contribution in [3.63, 3.8) is 0 Å². The van der Waals surface area contributed by atoms with Crippen LogP contribution in [-0.4, -0.2) is 372 Å². The molecule has 35 atom stereocenters. The lowest BCUT2D eigenvalue weighted by Gasteiger charge is -2.50. The molecule has 28 unspecified atom stereocenters. The number of aliphatic hydroxyl groups excluding tert-OH is 20. The molecule has 37 nitrogen and oxygen atoms in total. The average Bonchev–Trinajstić information content (AvgIpc) is 1.01. The highest BCUT2D eigenvalue weighted by Crippen LogP contribution is 2.40. The van der Waals surface area contributed by atoms with Gasteiger partial charge < -0.3 is 168 Å². The van der Waals surface area contributed by atoms with E-state index in [4.69, 9.17) is 70.5 Å². The van der Waals surface area contributed by atoms with E-state index in [1.807, 2.05) is 0 Å². The second kappa shape index (κ2) is 29.0. The summed E-state index contributed by atoms with van der Waals surface area (Å²) < 4.78 is 114. The zero-order valence-corrected chi connectivity index (χ0v) is 46.6. The minimum Gasteiger partial charge on any atom is -0.394 e. The molecule has 0 saturated carbocycles. The monoisotopic (exact) mass is 1290 g/mol. The molecule has 1 aromatic carbocycles. The van der Waals surface area contributed by atoms with Crippen molar-refractivity contribution in [3.05, 3.63) is 29.8 Å². The van der Waals surface area contributed by atoms with Crippen molar-refractivity contribution in [3.8, 4) is 0 Å². The molecule has 20 N–H and O–H groups in total. The summed E-state index contributed by atoms with van der Waals surface area (Å²) in [7, 11) is -5.02. The predicted molar refractivity (Wildman–Crippen MR) is 266 cm³/mol. The number of aliphatic hydroxyl groups is 20. The largest absolute Gasteiger partial charge is 0.394 e. The molecule has 0 spiro atoms. The molecule has 500 valence electrons. The highest BCUT2D eigenvalue weighted by Gasteiger charge is 2.60. The summed E-state index contributed by atoms with van der Waals surface area (Å²) in [6.07, 6.45) is -73.3. The van der Waals surface area contributed by atoms with Gasteiger partial charge in [0.15, 0.2) is 50.1 Å². The quantitative estimate of drug-likeness (QED) is 0.0967. The standard InChI is InChI=1S/C49H76O37S/c1-13-2-4-14(5-3-13)87(70,71)86-42-34(69)41-21(12-56)78-49(42)85-40-20(11-55)77-47(33(68)27(40)62)83-38-18(9-53)75-45(31(66)25(38)60)81-36-16(7-51)73-43(29(64)23(36)58)79-35-15(6-50)72-44(28(63)22(35)57)80-37-17(8-52)74-46(30(65)24(37)59)82-39-19(10-54)76-48(84-41)32(67)26(39)61/h2-5,15-69H,6-12H2,1H3/t15?,16?,17?,18?,19?,20?,21?,22?,23?,24?,25?,26?,27?,28?,29?,30?,31?,32?,33?,34?,35-,36-,37-,38-,39-,40-,41-,42?,43?,44?,45?,46?,47?,48?,49?/m1/s1. The number of hydrogen-bond acceptors (Lipinski definition) is 37. The third-order valence-corrected chi connectivity index (χ3v) is 17.6. The highest BCUT2D eigenvalue weighted by atomic mass is 32.2. The fourth-order valence-corrected chi connectivity index (χ4v) is 12.5. The first-order valence-electron chi connectivity index (χ1n) is 27.6. The molecular formula is C49H76O37S. The van der Waals surface area contributed by atoms with Gasteiger partial charge in [-0.15, -0.1) is 0 Å². The topological polar surface area (TPSA) is 577 Å². The summed E-state index contributed by atoms with van der Waals surface area (Å²) in [4.78, 5) is -0.504. The van der Waals surface area contributed by atoms with Crippen molar-refractivity contribution in [2.24, 2.45) is 0 Å². The van der Waals surface area contributed by atoms with Gasteiger partial charge in [-0.1, -0.05) is 17.7 Å². The van der Waals surface area contributed by atoms with Gasteiger partial charge in [0.05, 0.1) is 51.1 Å². The van der Waals surface area contributed by atoms with Crippen LogP contribution in [0.2, 0.25) is 0 Å². The Bertz CT molecular complexity index is 2430. The van der Waals surface area contributed by atoms with Gasteiger partial charge in [-0.3, -0.25) is 4.18 Å². The Kier molecular flexibility index (Phi) is 23.0. The van der Waals surface area contributed by atoms with Crippen LogP contribution in [-0.2, 0) is 80.6 Å². The molecular weight excluding hydrogens is 1210 g/mol. The molecule has 38 heteroatoms. The van der Waals surface area contributed by atoms with Gasteiger partial charge in [0.25, 0.3) is 10.1 Å². The van der Waals surface area contributed by atoms with E-state index in [0.717, 1.165) is 12.1 Å². The average molecular weight is 1290 g/mol. The Morgan fingerprint density at radius 1 is 0.299 bits per heavy atom. The maximum Gasteiger partial charge on any atom is 0.297 e. The summed E-state index contributed by atoms with van der Waals surface area (Å²) in [5.74, 6) is 0. The SMILES string of the molecule is Cc1ccc(S(=O)(=O)OC2C3OC(CO)[C@@H](OC4OC(CO)[C@@H](OC5OC(CO)[C@@H](OC6OC(CO)[C@@H](OC7OC(CO)[C@@H](OC8OC(CO)[C@@H](OC9OC(CO)[C@@H](O3)C(O)C9O)C(O)C8O)C(O)C7O)C(O)C6O)C(O)C5O)C(O)C4O)C2O)cc1. The smallest absolute Gasteiger partial charge is 0.297 e. The fraction of sp³-hybridized carbons (Fsp3) is 0.878. The lowest BCUT2D eigenvalue weighted by Crippen LogP contribution is -2.68. The van der Waals surface area contributed by atoms with Crippen molar-refractivity contribution >= 4 is 10.1 Å². The number of ether oxygens (including phenoxy) is 14. The van der Waals surface area contributed by atoms with E-state index in [1.54, 1.807) is 6.92 Å². The number of aryl methyl sites for hydroxylation is 1.